The molecule has 158 valence electrons. The van der Waals surface area contributed by atoms with E-state index >= 15 is 0 Å². The molecule has 3 aromatic rings. The summed E-state index contributed by atoms with van der Waals surface area (Å²) in [5, 5.41) is 13.7. The Kier molecular flexibility index (Phi) is 6.22. The maximum absolute atomic E-state index is 12.9. The molecule has 0 saturated heterocycles. The average Bonchev–Trinajstić information content (AvgIpc) is 2.73. The van der Waals surface area contributed by atoms with E-state index in [1.807, 2.05) is 12.1 Å². The van der Waals surface area contributed by atoms with Crippen LogP contribution in [0.25, 0.3) is 0 Å². The number of nitrogens with one attached hydrogen (secondary N) is 1. The van der Waals surface area contributed by atoms with Gasteiger partial charge in [0, 0.05) is 28.4 Å². The SMILES string of the molecule is CC(C)(C)c1ccc(C(=O)c2cccc(NC(=O)c3ccc(Cl)c([N+](=O)[O-])c3)c2)cc1. The van der Waals surface area contributed by atoms with Crippen molar-refractivity contribution < 1.29 is 14.5 Å². The standard InChI is InChI=1S/C24H21ClN2O4/c1-24(2,3)18-10-7-15(8-11-18)22(28)16-5-4-6-19(13-16)26-23(29)17-9-12-20(25)21(14-17)27(30)31/h4-14H,1-3H3,(H,26,29). The van der Waals surface area contributed by atoms with E-state index in [0.29, 0.717) is 16.8 Å². The summed E-state index contributed by atoms with van der Waals surface area (Å²) in [4.78, 5) is 35.8. The number of ketones is 1. The number of anilines is 1. The van der Waals surface area contributed by atoms with Crippen molar-refractivity contribution in [1.82, 2.24) is 0 Å². The van der Waals surface area contributed by atoms with Crippen molar-refractivity contribution in [3.05, 3.63) is 104 Å². The first-order valence-electron chi connectivity index (χ1n) is 9.57. The van der Waals surface area contributed by atoms with E-state index in [1.54, 1.807) is 36.4 Å². The lowest BCUT2D eigenvalue weighted by Gasteiger charge is -2.19. The first kappa shape index (κ1) is 22.2. The zero-order chi connectivity index (χ0) is 22.8. The number of hydrogen-bond donors (Lipinski definition) is 1. The van der Waals surface area contributed by atoms with E-state index in [-0.39, 0.29) is 27.5 Å². The molecule has 0 spiro atoms. The van der Waals surface area contributed by atoms with E-state index in [0.717, 1.165) is 11.6 Å². The number of nitro groups is 1. The maximum Gasteiger partial charge on any atom is 0.288 e. The van der Waals surface area contributed by atoms with Crippen LogP contribution in [0.5, 0.6) is 0 Å². The molecule has 3 rings (SSSR count). The monoisotopic (exact) mass is 436 g/mol. The number of amides is 1. The first-order chi connectivity index (χ1) is 14.6. The lowest BCUT2D eigenvalue weighted by Crippen LogP contribution is -2.13. The third-order valence-corrected chi connectivity index (χ3v) is 5.12. The van der Waals surface area contributed by atoms with Crippen molar-refractivity contribution in [2.75, 3.05) is 5.32 Å². The Morgan fingerprint density at radius 1 is 0.903 bits per heavy atom. The van der Waals surface area contributed by atoms with Gasteiger partial charge in [0.2, 0.25) is 0 Å². The fraction of sp³-hybridized carbons (Fsp3) is 0.167. The van der Waals surface area contributed by atoms with Crippen LogP contribution >= 0.6 is 11.6 Å². The number of carbonyl (C=O) groups excluding carboxylic acids is 2. The molecule has 0 saturated carbocycles. The second kappa shape index (κ2) is 8.70. The molecule has 6 nitrogen and oxygen atoms in total. The molecule has 0 aromatic heterocycles. The molecule has 0 aliphatic rings. The fourth-order valence-electron chi connectivity index (χ4n) is 3.02. The molecule has 0 heterocycles. The maximum atomic E-state index is 12.9. The van der Waals surface area contributed by atoms with Crippen molar-refractivity contribution >= 4 is 34.7 Å². The Morgan fingerprint density at radius 2 is 1.55 bits per heavy atom. The van der Waals surface area contributed by atoms with Gasteiger partial charge in [-0.2, -0.15) is 0 Å². The predicted octanol–water partition coefficient (Wildman–Crippen LogP) is 6.03. The zero-order valence-electron chi connectivity index (χ0n) is 17.3. The quantitative estimate of drug-likeness (QED) is 0.300. The molecule has 0 bridgehead atoms. The minimum atomic E-state index is -0.649. The summed E-state index contributed by atoms with van der Waals surface area (Å²) in [6.45, 7) is 6.31. The van der Waals surface area contributed by atoms with Gasteiger partial charge in [0.1, 0.15) is 5.02 Å². The van der Waals surface area contributed by atoms with Crippen LogP contribution in [0.15, 0.2) is 66.7 Å². The molecule has 7 heteroatoms. The second-order valence-electron chi connectivity index (χ2n) is 8.11. The number of rotatable bonds is 5. The van der Waals surface area contributed by atoms with Gasteiger partial charge in [0.15, 0.2) is 5.78 Å². The van der Waals surface area contributed by atoms with Crippen LogP contribution in [0.1, 0.15) is 52.6 Å². The minimum Gasteiger partial charge on any atom is -0.322 e. The zero-order valence-corrected chi connectivity index (χ0v) is 18.1. The Labute approximate surface area is 185 Å². The van der Waals surface area contributed by atoms with Crippen LogP contribution in [0.4, 0.5) is 11.4 Å². The van der Waals surface area contributed by atoms with Crippen molar-refractivity contribution in [3.8, 4) is 0 Å². The van der Waals surface area contributed by atoms with Crippen LogP contribution in [-0.2, 0) is 5.41 Å². The smallest absolute Gasteiger partial charge is 0.288 e. The molecule has 3 aromatic carbocycles. The van der Waals surface area contributed by atoms with Crippen LogP contribution in [0, 0.1) is 10.1 Å². The first-order valence-corrected chi connectivity index (χ1v) is 9.94. The van der Waals surface area contributed by atoms with Crippen molar-refractivity contribution in [3.63, 3.8) is 0 Å². The van der Waals surface area contributed by atoms with Crippen LogP contribution in [0.2, 0.25) is 5.02 Å². The summed E-state index contributed by atoms with van der Waals surface area (Å²) in [6.07, 6.45) is 0. The second-order valence-corrected chi connectivity index (χ2v) is 8.52. The third kappa shape index (κ3) is 5.16. The topological polar surface area (TPSA) is 89.3 Å². The van der Waals surface area contributed by atoms with Gasteiger partial charge in [-0.3, -0.25) is 19.7 Å². The highest BCUT2D eigenvalue weighted by Crippen LogP contribution is 2.26. The van der Waals surface area contributed by atoms with E-state index in [2.05, 4.69) is 26.1 Å². The summed E-state index contributed by atoms with van der Waals surface area (Å²) in [5.74, 6) is -0.711. The summed E-state index contributed by atoms with van der Waals surface area (Å²) in [7, 11) is 0. The Balaban J connectivity index is 1.80. The van der Waals surface area contributed by atoms with Gasteiger partial charge >= 0.3 is 0 Å². The third-order valence-electron chi connectivity index (χ3n) is 4.80. The number of hydrogen-bond acceptors (Lipinski definition) is 4. The molecular weight excluding hydrogens is 416 g/mol. The summed E-state index contributed by atoms with van der Waals surface area (Å²) in [5.41, 5.74) is 2.22. The van der Waals surface area contributed by atoms with Crippen molar-refractivity contribution in [2.24, 2.45) is 0 Å². The molecule has 0 aliphatic heterocycles. The molecular formula is C24H21ClN2O4. The number of benzene rings is 3. The van der Waals surface area contributed by atoms with E-state index in [4.69, 9.17) is 11.6 Å². The Morgan fingerprint density at radius 3 is 2.16 bits per heavy atom. The lowest BCUT2D eigenvalue weighted by molar-refractivity contribution is -0.384. The molecule has 0 atom stereocenters. The van der Waals surface area contributed by atoms with Gasteiger partial charge in [-0.25, -0.2) is 0 Å². The van der Waals surface area contributed by atoms with Gasteiger partial charge in [0.05, 0.1) is 4.92 Å². The molecule has 1 amide bonds. The highest BCUT2D eigenvalue weighted by atomic mass is 35.5. The van der Waals surface area contributed by atoms with E-state index < -0.39 is 10.8 Å². The highest BCUT2D eigenvalue weighted by molar-refractivity contribution is 6.32. The lowest BCUT2D eigenvalue weighted by atomic mass is 9.86. The molecule has 1 N–H and O–H groups in total. The number of nitro benzene ring substituents is 1. The molecule has 0 radical (unpaired) electrons. The average molecular weight is 437 g/mol. The van der Waals surface area contributed by atoms with Crippen molar-refractivity contribution in [1.29, 1.82) is 0 Å². The van der Waals surface area contributed by atoms with Crippen molar-refractivity contribution in [2.45, 2.75) is 26.2 Å². The normalized spacial score (nSPS) is 11.1. The van der Waals surface area contributed by atoms with Crippen LogP contribution in [0.3, 0.4) is 0 Å². The number of carbonyl (C=O) groups is 2. The number of nitrogens with zero attached hydrogens (tertiary/aromatic N) is 1. The molecule has 0 unspecified atom stereocenters. The molecule has 0 aliphatic carbocycles. The van der Waals surface area contributed by atoms with Gasteiger partial charge in [-0.05, 0) is 35.2 Å². The predicted molar refractivity (Wildman–Crippen MR) is 121 cm³/mol. The van der Waals surface area contributed by atoms with Gasteiger partial charge in [0.25, 0.3) is 11.6 Å². The molecule has 0 fully saturated rings. The van der Waals surface area contributed by atoms with Gasteiger partial charge in [-0.1, -0.05) is 68.8 Å². The Hall–Kier alpha value is -3.51. The number of halogens is 1. The van der Waals surface area contributed by atoms with Gasteiger partial charge < -0.3 is 5.32 Å². The summed E-state index contributed by atoms with van der Waals surface area (Å²) in [6, 6.07) is 17.8. The molecule has 31 heavy (non-hydrogen) atoms. The van der Waals surface area contributed by atoms with Gasteiger partial charge in [-0.15, -0.1) is 0 Å². The van der Waals surface area contributed by atoms with Crippen LogP contribution in [-0.4, -0.2) is 16.6 Å². The van der Waals surface area contributed by atoms with E-state index in [1.165, 1.54) is 12.1 Å². The Bertz CT molecular complexity index is 1160. The minimum absolute atomic E-state index is 0.0114. The van der Waals surface area contributed by atoms with Crippen LogP contribution < -0.4 is 5.32 Å². The summed E-state index contributed by atoms with van der Waals surface area (Å²) < 4.78 is 0. The fourth-order valence-corrected chi connectivity index (χ4v) is 3.21. The summed E-state index contributed by atoms with van der Waals surface area (Å²) >= 11 is 5.79. The highest BCUT2D eigenvalue weighted by Gasteiger charge is 2.18. The largest absolute Gasteiger partial charge is 0.322 e. The van der Waals surface area contributed by atoms with E-state index in [9.17, 15) is 19.7 Å².